The molecular weight excluding hydrogens is 362 g/mol. The van der Waals surface area contributed by atoms with E-state index in [0.29, 0.717) is 31.7 Å². The molecule has 2 heterocycles. The van der Waals surface area contributed by atoms with Crippen LogP contribution >= 0.6 is 0 Å². The highest BCUT2D eigenvalue weighted by Gasteiger charge is 2.73. The first-order valence-electron chi connectivity index (χ1n) is 9.84. The molecule has 1 unspecified atom stereocenters. The Morgan fingerprint density at radius 1 is 1.36 bits per heavy atom. The first-order chi connectivity index (χ1) is 13.5. The van der Waals surface area contributed by atoms with Crippen molar-refractivity contribution in [2.75, 3.05) is 13.2 Å². The second kappa shape index (κ2) is 5.08. The Balaban J connectivity index is 1.47. The predicted octanol–water partition coefficient (Wildman–Crippen LogP) is 1.58. The number of aromatic hydroxyl groups is 1. The number of Topliss-reactive ketones (excluding diaryl/α,β-unsaturated/α-hetero) is 1. The van der Waals surface area contributed by atoms with Crippen molar-refractivity contribution in [3.05, 3.63) is 34.9 Å². The number of carbonyl (C=O) groups excluding carboxylic acids is 2. The highest BCUT2D eigenvalue weighted by Crippen LogP contribution is 2.64. The maximum Gasteiger partial charge on any atom is 0.410 e. The number of allylic oxidation sites excluding steroid dienone is 1. The summed E-state index contributed by atoms with van der Waals surface area (Å²) < 4.78 is 11.4. The van der Waals surface area contributed by atoms with Crippen LogP contribution in [-0.4, -0.2) is 57.9 Å². The maximum atomic E-state index is 12.8. The maximum absolute atomic E-state index is 12.8. The number of carbonyl (C=O) groups is 2. The summed E-state index contributed by atoms with van der Waals surface area (Å²) in [6.45, 7) is 0.678. The molecule has 2 N–H and O–H groups in total. The predicted molar refractivity (Wildman–Crippen MR) is 96.3 cm³/mol. The molecule has 7 heteroatoms. The first-order valence-corrected chi connectivity index (χ1v) is 9.84. The highest BCUT2D eigenvalue weighted by atomic mass is 16.6. The monoisotopic (exact) mass is 383 g/mol. The highest BCUT2D eigenvalue weighted by molar-refractivity contribution is 5.90. The lowest BCUT2D eigenvalue weighted by Gasteiger charge is -2.61. The smallest absolute Gasteiger partial charge is 0.410 e. The molecule has 146 valence electrons. The number of phenolic OH excluding ortho intramolecular Hbond substituents is 1. The van der Waals surface area contributed by atoms with Crippen LogP contribution in [0.5, 0.6) is 11.5 Å². The van der Waals surface area contributed by atoms with Crippen molar-refractivity contribution in [2.45, 2.75) is 55.3 Å². The van der Waals surface area contributed by atoms with Crippen LogP contribution in [0.25, 0.3) is 0 Å². The molecule has 4 atom stereocenters. The van der Waals surface area contributed by atoms with Crippen LogP contribution in [0, 0.1) is 0 Å². The summed E-state index contributed by atoms with van der Waals surface area (Å²) in [6, 6.07) is 2.90. The molecule has 1 saturated carbocycles. The van der Waals surface area contributed by atoms with E-state index in [-0.39, 0.29) is 24.4 Å². The summed E-state index contributed by atoms with van der Waals surface area (Å²) >= 11 is 0. The fraction of sp³-hybridized carbons (Fsp3) is 0.524. The van der Waals surface area contributed by atoms with Gasteiger partial charge in [0, 0.05) is 18.5 Å². The molecule has 0 aromatic heterocycles. The van der Waals surface area contributed by atoms with E-state index in [1.165, 1.54) is 0 Å². The Hall–Kier alpha value is -2.54. The van der Waals surface area contributed by atoms with E-state index in [9.17, 15) is 19.8 Å². The number of piperidine rings is 1. The van der Waals surface area contributed by atoms with E-state index in [1.807, 2.05) is 12.1 Å². The summed E-state index contributed by atoms with van der Waals surface area (Å²) in [5, 5.41) is 22.3. The number of likely N-dealkylation sites (tertiary alicyclic amines) is 1. The summed E-state index contributed by atoms with van der Waals surface area (Å²) in [4.78, 5) is 27.2. The molecular formula is C21H21NO6. The van der Waals surface area contributed by atoms with Gasteiger partial charge in [0.2, 0.25) is 0 Å². The summed E-state index contributed by atoms with van der Waals surface area (Å²) in [7, 11) is 0. The van der Waals surface area contributed by atoms with Gasteiger partial charge in [-0.15, -0.1) is 0 Å². The number of nitrogens with zero attached hydrogens (tertiary/aromatic N) is 1. The fourth-order valence-electron chi connectivity index (χ4n) is 5.97. The van der Waals surface area contributed by atoms with Crippen molar-refractivity contribution < 1.29 is 29.3 Å². The standard InChI is InChI=1S/C21H21NO6/c23-13-4-3-12-9-15-21(26)6-5-14(24)18-20(21,16(12)17(13)28-18)7-8-22(15)19(25)27-10-11-1-2-11/h1,3-4,15,18,23,26H,2,5-10H2/t15-,18+,20+,21?/m1/s1. The van der Waals surface area contributed by atoms with E-state index in [1.54, 1.807) is 11.0 Å². The van der Waals surface area contributed by atoms with Gasteiger partial charge in [0.15, 0.2) is 23.4 Å². The van der Waals surface area contributed by atoms with Crippen LogP contribution < -0.4 is 4.74 Å². The number of hydrogen-bond donors (Lipinski definition) is 2. The van der Waals surface area contributed by atoms with Gasteiger partial charge in [-0.2, -0.15) is 0 Å². The van der Waals surface area contributed by atoms with E-state index in [2.05, 4.69) is 0 Å². The third kappa shape index (κ3) is 1.78. The van der Waals surface area contributed by atoms with Gasteiger partial charge in [-0.25, -0.2) is 4.79 Å². The summed E-state index contributed by atoms with van der Waals surface area (Å²) in [5.41, 5.74) is 0.600. The van der Waals surface area contributed by atoms with Crippen LogP contribution in [0.2, 0.25) is 0 Å². The van der Waals surface area contributed by atoms with Crippen LogP contribution in [0.1, 0.15) is 36.8 Å². The van der Waals surface area contributed by atoms with E-state index < -0.39 is 29.3 Å². The van der Waals surface area contributed by atoms with E-state index in [4.69, 9.17) is 9.47 Å². The lowest BCUT2D eigenvalue weighted by Crippen LogP contribution is -2.77. The zero-order chi connectivity index (χ0) is 19.3. The van der Waals surface area contributed by atoms with Crippen LogP contribution in [-0.2, 0) is 21.4 Å². The molecule has 0 radical (unpaired) electrons. The normalized spacial score (nSPS) is 36.4. The minimum absolute atomic E-state index is 0.00401. The first kappa shape index (κ1) is 16.4. The number of rotatable bonds is 2. The Morgan fingerprint density at radius 3 is 2.96 bits per heavy atom. The average Bonchev–Trinajstić information content (AvgIpc) is 3.42. The Bertz CT molecular complexity index is 970. The third-order valence-electron chi connectivity index (χ3n) is 7.37. The Morgan fingerprint density at radius 2 is 2.18 bits per heavy atom. The van der Waals surface area contributed by atoms with Crippen molar-refractivity contribution >= 4 is 11.9 Å². The lowest BCUT2D eigenvalue weighted by molar-refractivity contribution is -0.183. The van der Waals surface area contributed by atoms with E-state index in [0.717, 1.165) is 23.1 Å². The van der Waals surface area contributed by atoms with Gasteiger partial charge in [-0.05, 0) is 42.9 Å². The Kier molecular flexibility index (Phi) is 2.98. The van der Waals surface area contributed by atoms with Crippen LogP contribution in [0.3, 0.4) is 0 Å². The molecule has 3 aliphatic carbocycles. The second-order valence-electron chi connectivity index (χ2n) is 8.59. The third-order valence-corrected chi connectivity index (χ3v) is 7.37. The molecule has 5 aliphatic rings. The van der Waals surface area contributed by atoms with Crippen molar-refractivity contribution in [2.24, 2.45) is 0 Å². The number of amides is 1. The number of benzene rings is 1. The molecule has 2 aliphatic heterocycles. The van der Waals surface area contributed by atoms with Crippen LogP contribution in [0.4, 0.5) is 4.79 Å². The molecule has 1 saturated heterocycles. The quantitative estimate of drug-likeness (QED) is 0.753. The lowest BCUT2D eigenvalue weighted by atomic mass is 9.49. The zero-order valence-corrected chi connectivity index (χ0v) is 15.3. The topological polar surface area (TPSA) is 96.3 Å². The number of hydrogen-bond acceptors (Lipinski definition) is 6. The molecule has 7 nitrogen and oxygen atoms in total. The number of phenols is 1. The molecule has 1 aromatic rings. The number of ether oxygens (including phenoxy) is 2. The fourth-order valence-corrected chi connectivity index (χ4v) is 5.97. The minimum atomic E-state index is -1.28. The molecule has 1 spiro atoms. The van der Waals surface area contributed by atoms with Gasteiger partial charge in [0.1, 0.15) is 6.61 Å². The van der Waals surface area contributed by atoms with Gasteiger partial charge >= 0.3 is 6.09 Å². The molecule has 1 amide bonds. The summed E-state index contributed by atoms with van der Waals surface area (Å²) in [5.74, 6) is 0.269. The van der Waals surface area contributed by atoms with Crippen molar-refractivity contribution in [3.63, 3.8) is 0 Å². The summed E-state index contributed by atoms with van der Waals surface area (Å²) in [6.07, 6.45) is 3.00. The van der Waals surface area contributed by atoms with Gasteiger partial charge < -0.3 is 24.6 Å². The van der Waals surface area contributed by atoms with Crippen LogP contribution in [0.15, 0.2) is 23.8 Å². The average molecular weight is 383 g/mol. The van der Waals surface area contributed by atoms with Gasteiger partial charge in [0.25, 0.3) is 0 Å². The molecule has 6 rings (SSSR count). The van der Waals surface area contributed by atoms with Gasteiger partial charge in [0.05, 0.1) is 17.1 Å². The van der Waals surface area contributed by atoms with Gasteiger partial charge in [-0.3, -0.25) is 4.79 Å². The number of aliphatic hydroxyl groups is 1. The Labute approximate surface area is 161 Å². The zero-order valence-electron chi connectivity index (χ0n) is 15.3. The van der Waals surface area contributed by atoms with Crippen molar-refractivity contribution in [1.29, 1.82) is 0 Å². The molecule has 2 bridgehead atoms. The van der Waals surface area contributed by atoms with Crippen molar-refractivity contribution in [3.8, 4) is 11.5 Å². The minimum Gasteiger partial charge on any atom is -0.504 e. The molecule has 28 heavy (non-hydrogen) atoms. The van der Waals surface area contributed by atoms with Gasteiger partial charge in [-0.1, -0.05) is 12.1 Å². The SMILES string of the molecule is O=C1CCC2(O)[C@H]3Cc4ccc(O)c5c4[C@@]2(CCN3C(=O)OCC2=CC2)[C@H]1O5. The largest absolute Gasteiger partial charge is 0.504 e. The van der Waals surface area contributed by atoms with E-state index >= 15 is 0 Å². The molecule has 2 fully saturated rings. The second-order valence-corrected chi connectivity index (χ2v) is 8.59. The van der Waals surface area contributed by atoms with Crippen molar-refractivity contribution in [1.82, 2.24) is 4.90 Å². The number of ketones is 1. The molecule has 1 aromatic carbocycles.